The lowest BCUT2D eigenvalue weighted by molar-refractivity contribution is -0.129. The number of phenolic OH excluding ortho intramolecular Hbond substituents is 2. The topological polar surface area (TPSA) is 345 Å². The Bertz CT molecular complexity index is 3370. The van der Waals surface area contributed by atoms with E-state index in [9.17, 15) is 53.2 Å². The van der Waals surface area contributed by atoms with E-state index in [1.165, 1.54) is 51.9 Å². The number of aromatic hydroxyl groups is 2. The summed E-state index contributed by atoms with van der Waals surface area (Å²) < 4.78 is 29.8. The average molecular weight is 1340 g/mol. The van der Waals surface area contributed by atoms with Gasteiger partial charge < -0.3 is 66.5 Å². The molecule has 0 aromatic heterocycles. The number of hydrogen-bond acceptors (Lipinski definition) is 20. The second kappa shape index (κ2) is 36.6. The molecule has 1 spiro atoms. The number of nitrogens with zero attached hydrogens (tertiary/aromatic N) is 3. The highest BCUT2D eigenvalue weighted by molar-refractivity contribution is 8.76. The van der Waals surface area contributed by atoms with E-state index >= 15 is 0 Å². The highest BCUT2D eigenvalue weighted by Crippen LogP contribution is 2.57. The third-order valence-electron chi connectivity index (χ3n) is 14.7. The maximum Gasteiger partial charge on any atom is 0.386 e. The van der Waals surface area contributed by atoms with Gasteiger partial charge in [-0.15, -0.1) is 0 Å². The monoisotopic (exact) mass is 1340 g/mol. The molecule has 2 aliphatic rings. The quantitative estimate of drug-likeness (QED) is 0.00575. The van der Waals surface area contributed by atoms with E-state index in [0.717, 1.165) is 24.9 Å². The van der Waals surface area contributed by atoms with Gasteiger partial charge in [-0.05, 0) is 141 Å². The number of ether oxygens (including phenoxy) is 2. The van der Waals surface area contributed by atoms with Crippen LogP contribution in [0.4, 0.5) is 17.1 Å². The highest BCUT2D eigenvalue weighted by Gasteiger charge is 2.54. The smallest absolute Gasteiger partial charge is 0.386 e. The van der Waals surface area contributed by atoms with E-state index in [1.54, 1.807) is 48.5 Å². The Kier molecular flexibility index (Phi) is 28.5. The minimum absolute atomic E-state index is 0.00248. The molecule has 6 amide bonds. The van der Waals surface area contributed by atoms with Crippen molar-refractivity contribution in [2.24, 2.45) is 10.2 Å². The van der Waals surface area contributed by atoms with Gasteiger partial charge in [-0.2, -0.15) is 10.2 Å². The molecule has 494 valence electrons. The molecule has 92 heavy (non-hydrogen) atoms. The molecule has 0 radical (unpaired) electrons. The fourth-order valence-corrected chi connectivity index (χ4v) is 14.1. The van der Waals surface area contributed by atoms with Crippen LogP contribution in [0.25, 0.3) is 0 Å². The minimum atomic E-state index is -4.13. The zero-order valence-electron chi connectivity index (χ0n) is 51.4. The first-order chi connectivity index (χ1) is 44.3. The Labute approximate surface area is 546 Å². The molecule has 28 heteroatoms. The van der Waals surface area contributed by atoms with Crippen LogP contribution in [0.15, 0.2) is 113 Å². The molecule has 5 aromatic carbocycles. The molecule has 10 N–H and O–H groups in total. The predicted molar refractivity (Wildman–Crippen MR) is 355 cm³/mol. The summed E-state index contributed by atoms with van der Waals surface area (Å²) in [4.78, 5) is 103. The first-order valence-electron chi connectivity index (χ1n) is 30.5. The zero-order valence-corrected chi connectivity index (χ0v) is 54.8. The predicted octanol–water partition coefficient (Wildman–Crippen LogP) is 9.44. The molecule has 0 saturated carbocycles. The first kappa shape index (κ1) is 71.8. The molecule has 0 fully saturated rings. The lowest BCUT2D eigenvalue weighted by Gasteiger charge is -2.36. The van der Waals surface area contributed by atoms with Crippen LogP contribution in [-0.4, -0.2) is 145 Å². The van der Waals surface area contributed by atoms with Crippen LogP contribution in [-0.2, 0) is 38.6 Å². The van der Waals surface area contributed by atoms with E-state index in [-0.39, 0.29) is 115 Å². The summed E-state index contributed by atoms with van der Waals surface area (Å²) in [5, 5.41) is 54.9. The van der Waals surface area contributed by atoms with E-state index in [4.69, 9.17) is 19.1 Å². The van der Waals surface area contributed by atoms with Gasteiger partial charge in [-0.1, -0.05) is 46.9 Å². The van der Waals surface area contributed by atoms with Crippen molar-refractivity contribution < 1.29 is 72.3 Å². The SMILES string of the molecule is CN(C)c1ccc(/N=N/c2ccc(C(=O)NCCSSCCC(=O)NC(CCCCNC(=O)CCSP(=O)(O)OCCNC(=O)CCCCCNC(=O)c3ccc4c(c3)C(=O)OC43c4ccc(O)cc4Oc4cc(O)ccc43)C(=O)NCCCCCCO)cc2)cc1. The second-order valence-electron chi connectivity index (χ2n) is 21.8. The molecule has 5 aromatic rings. The van der Waals surface area contributed by atoms with Crippen LogP contribution in [0.5, 0.6) is 23.0 Å². The molecular weight excluding hydrogens is 1260 g/mol. The lowest BCUT2D eigenvalue weighted by atomic mass is 9.77. The number of aliphatic hydroxyl groups excluding tert-OH is 1. The Balaban J connectivity index is 0.705. The number of amides is 6. The van der Waals surface area contributed by atoms with Crippen LogP contribution in [0.2, 0.25) is 0 Å². The van der Waals surface area contributed by atoms with Gasteiger partial charge in [0.25, 0.3) is 11.8 Å². The van der Waals surface area contributed by atoms with E-state index in [2.05, 4.69) is 42.1 Å². The molecule has 0 bridgehead atoms. The molecule has 7 rings (SSSR count). The van der Waals surface area contributed by atoms with Crippen molar-refractivity contribution in [1.82, 2.24) is 31.9 Å². The molecular formula is C64H80N9O15PS3. The molecule has 2 heterocycles. The highest BCUT2D eigenvalue weighted by atomic mass is 33.1. The maximum absolute atomic E-state index is 13.4. The number of hydrogen-bond donors (Lipinski definition) is 10. The molecule has 0 saturated heterocycles. The summed E-state index contributed by atoms with van der Waals surface area (Å²) in [6.45, 7) is -2.84. The minimum Gasteiger partial charge on any atom is -0.508 e. The molecule has 2 atom stereocenters. The van der Waals surface area contributed by atoms with Crippen LogP contribution in [0.3, 0.4) is 0 Å². The van der Waals surface area contributed by atoms with Crippen LogP contribution in [0, 0.1) is 0 Å². The molecule has 2 aliphatic heterocycles. The summed E-state index contributed by atoms with van der Waals surface area (Å²) in [7, 11) is 6.93. The first-order valence-corrected chi connectivity index (χ1v) is 36.2. The summed E-state index contributed by atoms with van der Waals surface area (Å²) in [5.41, 5.74) is 3.23. The fourth-order valence-electron chi connectivity index (χ4n) is 9.89. The summed E-state index contributed by atoms with van der Waals surface area (Å²) in [6, 6.07) is 27.3. The number of nitrogens with one attached hydrogen (secondary N) is 6. The zero-order chi connectivity index (χ0) is 65.9. The Morgan fingerprint density at radius 3 is 1.84 bits per heavy atom. The van der Waals surface area contributed by atoms with Crippen molar-refractivity contribution in [2.45, 2.75) is 95.1 Å². The number of rotatable bonds is 39. The van der Waals surface area contributed by atoms with Gasteiger partial charge in [0.15, 0.2) is 5.60 Å². The van der Waals surface area contributed by atoms with Gasteiger partial charge in [0.05, 0.1) is 23.5 Å². The van der Waals surface area contributed by atoms with Gasteiger partial charge >= 0.3 is 12.8 Å². The number of azo groups is 1. The number of aliphatic hydroxyl groups is 1. The Morgan fingerprint density at radius 2 is 1.15 bits per heavy atom. The standard InChI is InChI=1S/C64H80N9O15PS3/c1-73(2)47-21-19-46(20-22-47)72-71-45-17-14-43(15-18-45)60(80)69-34-39-92-91-38-29-59(79)70-54(62(82)68-32-8-3-4-11-35-74)12-7-10-30-65-58(78)28-37-90-89(84,85)86-36-33-66-57(77)13-6-5-9-31-67-61(81)44-16-25-51-50(40-44)63(83)88-64(51)52-26-23-48(75)41-55(52)87-56-42-49(76)24-27-53(56)64/h14-27,40-42,54,74-76H,3-13,28-39H2,1-2H3,(H,65,78)(H,66,77)(H,67,81)(H,68,82)(H,69,80)(H,70,79)(H,84,85)/b72-71+. The van der Waals surface area contributed by atoms with E-state index in [0.29, 0.717) is 121 Å². The molecule has 0 aliphatic carbocycles. The van der Waals surface area contributed by atoms with Gasteiger partial charge in [-0.25, -0.2) is 9.36 Å². The van der Waals surface area contributed by atoms with Crippen LogP contribution >= 0.6 is 39.8 Å². The number of benzene rings is 5. The third kappa shape index (κ3) is 22.0. The van der Waals surface area contributed by atoms with E-state index in [1.807, 2.05) is 43.3 Å². The van der Waals surface area contributed by atoms with Gasteiger partial charge in [0.2, 0.25) is 23.6 Å². The summed E-state index contributed by atoms with van der Waals surface area (Å²) in [5.74, 6) is -1.08. The van der Waals surface area contributed by atoms with Crippen molar-refractivity contribution in [2.75, 3.05) is 82.2 Å². The number of unbranched alkanes of at least 4 members (excludes halogenated alkanes) is 6. The second-order valence-corrected chi connectivity index (χ2v) is 28.5. The Morgan fingerprint density at radius 1 is 0.598 bits per heavy atom. The van der Waals surface area contributed by atoms with Gasteiger partial charge in [0.1, 0.15) is 29.0 Å². The van der Waals surface area contributed by atoms with Crippen molar-refractivity contribution in [3.05, 3.63) is 137 Å². The normalized spacial score (nSPS) is 13.5. The summed E-state index contributed by atoms with van der Waals surface area (Å²) in [6.07, 6.45) is 6.40. The number of carbonyl (C=O) groups excluding carboxylic acids is 7. The van der Waals surface area contributed by atoms with Crippen molar-refractivity contribution in [3.63, 3.8) is 0 Å². The largest absolute Gasteiger partial charge is 0.508 e. The van der Waals surface area contributed by atoms with E-state index < -0.39 is 30.3 Å². The number of phenols is 2. The van der Waals surface area contributed by atoms with Gasteiger partial charge in [0, 0.05) is 136 Å². The maximum atomic E-state index is 13.4. The van der Waals surface area contributed by atoms with Crippen LogP contribution < -0.4 is 41.5 Å². The number of anilines is 1. The molecule has 2 unspecified atom stereocenters. The van der Waals surface area contributed by atoms with Crippen molar-refractivity contribution in [3.8, 4) is 23.0 Å². The lowest BCUT2D eigenvalue weighted by Crippen LogP contribution is -2.47. The fraction of sp³-hybridized carbons (Fsp3) is 0.422. The van der Waals surface area contributed by atoms with Crippen molar-refractivity contribution >= 4 is 98.2 Å². The third-order valence-corrected chi connectivity index (χ3v) is 20.2. The Hall–Kier alpha value is -7.65. The molecule has 24 nitrogen and oxygen atoms in total. The van der Waals surface area contributed by atoms with Crippen LogP contribution in [0.1, 0.15) is 131 Å². The number of carbonyl (C=O) groups is 7. The van der Waals surface area contributed by atoms with Gasteiger partial charge in [-0.3, -0.25) is 33.3 Å². The average Bonchev–Trinajstić information content (AvgIpc) is 1.46. The number of esters is 1. The summed E-state index contributed by atoms with van der Waals surface area (Å²) >= 11 is 0.602. The number of fused-ring (bicyclic) bond motifs is 6. The van der Waals surface area contributed by atoms with Crippen molar-refractivity contribution in [1.29, 1.82) is 0 Å².